The van der Waals surface area contributed by atoms with Crippen molar-refractivity contribution < 1.29 is 4.74 Å². The Labute approximate surface area is 102 Å². The van der Waals surface area contributed by atoms with Crippen LogP contribution < -0.4 is 5.32 Å². The SMILES string of the molecule is COCCCCNC(C)c1nc(C)sc1C. The number of ether oxygens (including phenoxy) is 1. The van der Waals surface area contributed by atoms with E-state index in [1.807, 2.05) is 0 Å². The number of nitrogens with zero attached hydrogens (tertiary/aromatic N) is 1. The normalized spacial score (nSPS) is 13.0. The van der Waals surface area contributed by atoms with Crippen molar-refractivity contribution in [3.8, 4) is 0 Å². The number of nitrogens with one attached hydrogen (secondary N) is 1. The first kappa shape index (κ1) is 13.6. The number of rotatable bonds is 7. The maximum atomic E-state index is 5.02. The second kappa shape index (κ2) is 6.99. The van der Waals surface area contributed by atoms with Gasteiger partial charge in [-0.05, 0) is 40.2 Å². The highest BCUT2D eigenvalue weighted by molar-refractivity contribution is 7.11. The molecule has 0 saturated carbocycles. The number of aromatic nitrogens is 1. The summed E-state index contributed by atoms with van der Waals surface area (Å²) in [5.41, 5.74) is 1.20. The molecule has 0 spiro atoms. The molecule has 1 aromatic rings. The second-order valence-corrected chi connectivity index (χ2v) is 5.46. The molecule has 0 amide bonds. The molecular weight excluding hydrogens is 220 g/mol. The van der Waals surface area contributed by atoms with Crippen LogP contribution in [0.1, 0.15) is 41.4 Å². The molecule has 0 aliphatic carbocycles. The summed E-state index contributed by atoms with van der Waals surface area (Å²) in [6, 6.07) is 0.354. The Morgan fingerprint density at radius 1 is 1.38 bits per heavy atom. The molecule has 1 atom stereocenters. The van der Waals surface area contributed by atoms with Crippen molar-refractivity contribution in [2.75, 3.05) is 20.3 Å². The first-order valence-corrected chi connectivity index (χ1v) is 6.63. The van der Waals surface area contributed by atoms with Crippen molar-refractivity contribution in [2.24, 2.45) is 0 Å². The van der Waals surface area contributed by atoms with Gasteiger partial charge in [0, 0.05) is 24.6 Å². The zero-order valence-electron chi connectivity index (χ0n) is 10.7. The standard InChI is InChI=1S/C12H22N2OS/c1-9(13-7-5-6-8-15-4)12-10(2)16-11(3)14-12/h9,13H,5-8H2,1-4H3. The van der Waals surface area contributed by atoms with Crippen LogP contribution in [0.25, 0.3) is 0 Å². The zero-order valence-corrected chi connectivity index (χ0v) is 11.5. The Balaban J connectivity index is 2.29. The summed E-state index contributed by atoms with van der Waals surface area (Å²) >= 11 is 1.77. The van der Waals surface area contributed by atoms with Crippen LogP contribution in [0.5, 0.6) is 0 Å². The number of methoxy groups -OCH3 is 1. The average molecular weight is 242 g/mol. The molecule has 0 bridgehead atoms. The highest BCUT2D eigenvalue weighted by Gasteiger charge is 2.11. The van der Waals surface area contributed by atoms with Crippen LogP contribution in [0.4, 0.5) is 0 Å². The van der Waals surface area contributed by atoms with E-state index in [2.05, 4.69) is 31.1 Å². The summed E-state index contributed by atoms with van der Waals surface area (Å²) in [7, 11) is 1.75. The van der Waals surface area contributed by atoms with Gasteiger partial charge in [-0.3, -0.25) is 0 Å². The third kappa shape index (κ3) is 4.20. The van der Waals surface area contributed by atoms with Crippen molar-refractivity contribution >= 4 is 11.3 Å². The molecule has 1 unspecified atom stereocenters. The lowest BCUT2D eigenvalue weighted by Crippen LogP contribution is -2.21. The molecule has 92 valence electrons. The third-order valence-electron chi connectivity index (χ3n) is 2.58. The average Bonchev–Trinajstić information content (AvgIpc) is 2.57. The highest BCUT2D eigenvalue weighted by Crippen LogP contribution is 2.22. The maximum Gasteiger partial charge on any atom is 0.0900 e. The summed E-state index contributed by atoms with van der Waals surface area (Å²) < 4.78 is 5.02. The summed E-state index contributed by atoms with van der Waals surface area (Å²) in [6.07, 6.45) is 2.27. The molecule has 0 aromatic carbocycles. The molecule has 0 fully saturated rings. The van der Waals surface area contributed by atoms with Gasteiger partial charge in [-0.15, -0.1) is 11.3 Å². The number of hydrogen-bond donors (Lipinski definition) is 1. The minimum Gasteiger partial charge on any atom is -0.385 e. The van der Waals surface area contributed by atoms with Crippen molar-refractivity contribution in [2.45, 2.75) is 39.7 Å². The molecule has 0 saturated heterocycles. The zero-order chi connectivity index (χ0) is 12.0. The molecule has 0 radical (unpaired) electrons. The van der Waals surface area contributed by atoms with E-state index in [0.29, 0.717) is 6.04 Å². The van der Waals surface area contributed by atoms with Crippen LogP contribution in [0.15, 0.2) is 0 Å². The molecule has 1 N–H and O–H groups in total. The minimum absolute atomic E-state index is 0.354. The van der Waals surface area contributed by atoms with E-state index in [4.69, 9.17) is 4.74 Å². The fourth-order valence-corrected chi connectivity index (χ4v) is 2.65. The summed E-state index contributed by atoms with van der Waals surface area (Å²) in [5, 5.41) is 4.65. The molecule has 0 aliphatic rings. The fraction of sp³-hybridized carbons (Fsp3) is 0.750. The van der Waals surface area contributed by atoms with Gasteiger partial charge in [-0.25, -0.2) is 4.98 Å². The van der Waals surface area contributed by atoms with Gasteiger partial charge in [0.1, 0.15) is 0 Å². The van der Waals surface area contributed by atoms with Crippen molar-refractivity contribution in [1.82, 2.24) is 10.3 Å². The van der Waals surface area contributed by atoms with Crippen molar-refractivity contribution in [3.05, 3.63) is 15.6 Å². The first-order chi connectivity index (χ1) is 7.65. The minimum atomic E-state index is 0.354. The predicted molar refractivity (Wildman–Crippen MR) is 69.1 cm³/mol. The monoisotopic (exact) mass is 242 g/mol. The van der Waals surface area contributed by atoms with Gasteiger partial charge in [0.05, 0.1) is 10.7 Å². The Hall–Kier alpha value is -0.450. The van der Waals surface area contributed by atoms with E-state index in [1.54, 1.807) is 18.4 Å². The fourth-order valence-electron chi connectivity index (χ4n) is 1.73. The van der Waals surface area contributed by atoms with Crippen LogP contribution in [0, 0.1) is 13.8 Å². The Morgan fingerprint density at radius 2 is 2.12 bits per heavy atom. The largest absolute Gasteiger partial charge is 0.385 e. The van der Waals surface area contributed by atoms with E-state index < -0.39 is 0 Å². The first-order valence-electron chi connectivity index (χ1n) is 5.81. The van der Waals surface area contributed by atoms with Crippen molar-refractivity contribution in [3.63, 3.8) is 0 Å². The van der Waals surface area contributed by atoms with Crippen LogP contribution in [-0.2, 0) is 4.74 Å². The topological polar surface area (TPSA) is 34.1 Å². The molecule has 1 rings (SSSR count). The third-order valence-corrected chi connectivity index (χ3v) is 3.48. The maximum absolute atomic E-state index is 5.02. The van der Waals surface area contributed by atoms with Crippen LogP contribution in [0.3, 0.4) is 0 Å². The van der Waals surface area contributed by atoms with E-state index >= 15 is 0 Å². The number of unbranched alkanes of at least 4 members (excludes halogenated alkanes) is 1. The van der Waals surface area contributed by atoms with Gasteiger partial charge in [0.25, 0.3) is 0 Å². The van der Waals surface area contributed by atoms with Gasteiger partial charge < -0.3 is 10.1 Å². The lowest BCUT2D eigenvalue weighted by molar-refractivity contribution is 0.192. The second-order valence-electron chi connectivity index (χ2n) is 4.05. The van der Waals surface area contributed by atoms with Crippen LogP contribution >= 0.6 is 11.3 Å². The van der Waals surface area contributed by atoms with Gasteiger partial charge in [-0.1, -0.05) is 0 Å². The lowest BCUT2D eigenvalue weighted by atomic mass is 10.2. The van der Waals surface area contributed by atoms with E-state index in [-0.39, 0.29) is 0 Å². The van der Waals surface area contributed by atoms with Crippen LogP contribution in [0.2, 0.25) is 0 Å². The molecule has 1 aromatic heterocycles. The van der Waals surface area contributed by atoms with Crippen molar-refractivity contribution in [1.29, 1.82) is 0 Å². The lowest BCUT2D eigenvalue weighted by Gasteiger charge is -2.12. The Bertz CT molecular complexity index is 312. The Kier molecular flexibility index (Phi) is 5.95. The van der Waals surface area contributed by atoms with Crippen LogP contribution in [-0.4, -0.2) is 25.2 Å². The van der Waals surface area contributed by atoms with Gasteiger partial charge >= 0.3 is 0 Å². The quantitative estimate of drug-likeness (QED) is 0.747. The van der Waals surface area contributed by atoms with Gasteiger partial charge in [0.15, 0.2) is 0 Å². The van der Waals surface area contributed by atoms with E-state index in [9.17, 15) is 0 Å². The molecule has 4 heteroatoms. The highest BCUT2D eigenvalue weighted by atomic mass is 32.1. The summed E-state index contributed by atoms with van der Waals surface area (Å²) in [6.45, 7) is 8.26. The van der Waals surface area contributed by atoms with E-state index in [1.165, 1.54) is 10.6 Å². The Morgan fingerprint density at radius 3 is 2.69 bits per heavy atom. The molecular formula is C12H22N2OS. The van der Waals surface area contributed by atoms with Gasteiger partial charge in [0.2, 0.25) is 0 Å². The summed E-state index contributed by atoms with van der Waals surface area (Å²) in [5.74, 6) is 0. The number of aryl methyl sites for hydroxylation is 2. The molecule has 16 heavy (non-hydrogen) atoms. The number of thiazole rings is 1. The molecule has 0 aliphatic heterocycles. The summed E-state index contributed by atoms with van der Waals surface area (Å²) in [4.78, 5) is 5.88. The predicted octanol–water partition coefficient (Wildman–Crippen LogP) is 2.84. The van der Waals surface area contributed by atoms with E-state index in [0.717, 1.165) is 31.0 Å². The molecule has 1 heterocycles. The number of hydrogen-bond acceptors (Lipinski definition) is 4. The van der Waals surface area contributed by atoms with Gasteiger partial charge in [-0.2, -0.15) is 0 Å². The smallest absolute Gasteiger partial charge is 0.0900 e. The molecule has 3 nitrogen and oxygen atoms in total.